The van der Waals surface area contributed by atoms with Gasteiger partial charge in [-0.3, -0.25) is 14.5 Å². The Morgan fingerprint density at radius 3 is 2.47 bits per heavy atom. The van der Waals surface area contributed by atoms with E-state index < -0.39 is 17.5 Å². The maximum absolute atomic E-state index is 13.3. The lowest BCUT2D eigenvalue weighted by Crippen LogP contribution is -2.52. The molecule has 2 saturated heterocycles. The molecule has 3 aliphatic heterocycles. The zero-order valence-electron chi connectivity index (χ0n) is 18.8. The van der Waals surface area contributed by atoms with Crippen LogP contribution in [0.2, 0.25) is 5.02 Å². The molecular weight excluding hydrogens is 460 g/mol. The first-order valence-corrected chi connectivity index (χ1v) is 11.6. The highest BCUT2D eigenvalue weighted by molar-refractivity contribution is 6.33. The van der Waals surface area contributed by atoms with Gasteiger partial charge < -0.3 is 24.6 Å². The number of carbonyl (C=O) groups excluding carboxylic acids is 3. The molecule has 0 unspecified atom stereocenters. The average Bonchev–Trinajstić information content (AvgIpc) is 3.08. The van der Waals surface area contributed by atoms with Crippen LogP contribution in [0.3, 0.4) is 0 Å². The highest BCUT2D eigenvalue weighted by Gasteiger charge is 2.50. The number of piperazine rings is 1. The average molecular weight is 485 g/mol. The Morgan fingerprint density at radius 1 is 1.03 bits per heavy atom. The molecule has 0 spiro atoms. The van der Waals surface area contributed by atoms with Crippen LogP contribution in [0, 0.1) is 0 Å². The Balaban J connectivity index is 1.24. The van der Waals surface area contributed by atoms with Crippen LogP contribution in [0.4, 0.5) is 10.5 Å². The van der Waals surface area contributed by atoms with Crippen molar-refractivity contribution >= 4 is 35.1 Å². The van der Waals surface area contributed by atoms with Gasteiger partial charge >= 0.3 is 6.03 Å². The van der Waals surface area contributed by atoms with E-state index in [4.69, 9.17) is 21.1 Å². The SMILES string of the molecule is C[C@@]1(c2ccc3c(c2)OCCO3)NC(=O)N(CC(=O)N2CCN(c3ccccc3Cl)CC2)C1=O. The standard InChI is InChI=1S/C24H25ClN4O5/c1-24(16-6-7-19-20(14-16)34-13-12-33-19)22(31)29(23(32)26-24)15-21(30)28-10-8-27(9-11-28)18-5-3-2-4-17(18)25/h2-7,14H,8-13,15H2,1H3,(H,26,32)/t24-/m0/s1. The molecule has 0 radical (unpaired) electrons. The number of hydrogen-bond donors (Lipinski definition) is 1. The van der Waals surface area contributed by atoms with E-state index in [-0.39, 0.29) is 12.5 Å². The van der Waals surface area contributed by atoms with Gasteiger partial charge in [0.15, 0.2) is 11.5 Å². The molecule has 34 heavy (non-hydrogen) atoms. The summed E-state index contributed by atoms with van der Waals surface area (Å²) in [6, 6.07) is 12.1. The number of fused-ring (bicyclic) bond motifs is 1. The third-order valence-corrected chi connectivity index (χ3v) is 6.83. The molecule has 5 rings (SSSR count). The van der Waals surface area contributed by atoms with Gasteiger partial charge in [-0.15, -0.1) is 0 Å². The van der Waals surface area contributed by atoms with E-state index >= 15 is 0 Å². The number of amides is 4. The number of anilines is 1. The maximum Gasteiger partial charge on any atom is 0.325 e. The topological polar surface area (TPSA) is 91.4 Å². The Morgan fingerprint density at radius 2 is 1.74 bits per heavy atom. The van der Waals surface area contributed by atoms with E-state index in [9.17, 15) is 14.4 Å². The summed E-state index contributed by atoms with van der Waals surface area (Å²) in [4.78, 5) is 43.7. The first-order valence-electron chi connectivity index (χ1n) is 11.2. The molecule has 0 saturated carbocycles. The van der Waals surface area contributed by atoms with Crippen molar-refractivity contribution in [2.75, 3.05) is 50.8 Å². The van der Waals surface area contributed by atoms with Crippen LogP contribution in [-0.4, -0.2) is 73.6 Å². The lowest BCUT2D eigenvalue weighted by molar-refractivity contribution is -0.139. The number of halogens is 1. The number of para-hydroxylation sites is 1. The summed E-state index contributed by atoms with van der Waals surface area (Å²) in [5, 5.41) is 3.41. The first-order chi connectivity index (χ1) is 16.4. The smallest absolute Gasteiger partial charge is 0.325 e. The predicted octanol–water partition coefficient (Wildman–Crippen LogP) is 2.23. The molecule has 2 aromatic carbocycles. The number of hydrogen-bond acceptors (Lipinski definition) is 6. The third kappa shape index (κ3) is 3.90. The molecule has 0 aliphatic carbocycles. The number of rotatable bonds is 4. The monoisotopic (exact) mass is 484 g/mol. The normalized spacial score (nSPS) is 22.1. The number of ether oxygens (including phenoxy) is 2. The molecule has 0 bridgehead atoms. The summed E-state index contributed by atoms with van der Waals surface area (Å²) >= 11 is 6.29. The van der Waals surface area contributed by atoms with Gasteiger partial charge in [-0.05, 0) is 36.8 Å². The molecule has 1 N–H and O–H groups in total. The van der Waals surface area contributed by atoms with Crippen molar-refractivity contribution in [1.29, 1.82) is 0 Å². The molecule has 0 aromatic heterocycles. The van der Waals surface area contributed by atoms with Crippen molar-refractivity contribution in [3.63, 3.8) is 0 Å². The van der Waals surface area contributed by atoms with Gasteiger partial charge in [0, 0.05) is 26.2 Å². The van der Waals surface area contributed by atoms with E-state index in [0.717, 1.165) is 10.6 Å². The van der Waals surface area contributed by atoms with Crippen LogP contribution in [-0.2, 0) is 15.1 Å². The van der Waals surface area contributed by atoms with Gasteiger partial charge in [0.05, 0.1) is 10.7 Å². The number of benzene rings is 2. The van der Waals surface area contributed by atoms with Crippen LogP contribution >= 0.6 is 11.6 Å². The van der Waals surface area contributed by atoms with E-state index in [1.807, 2.05) is 24.3 Å². The second kappa shape index (κ2) is 8.72. The molecule has 2 fully saturated rings. The van der Waals surface area contributed by atoms with Crippen molar-refractivity contribution in [3.05, 3.63) is 53.1 Å². The van der Waals surface area contributed by atoms with Gasteiger partial charge in [-0.25, -0.2) is 4.79 Å². The Bertz CT molecular complexity index is 1150. The number of nitrogens with one attached hydrogen (secondary N) is 1. The minimum absolute atomic E-state index is 0.270. The Labute approximate surface area is 202 Å². The fraction of sp³-hybridized carbons (Fsp3) is 0.375. The second-order valence-corrected chi connectivity index (χ2v) is 9.03. The largest absolute Gasteiger partial charge is 0.486 e. The summed E-state index contributed by atoms with van der Waals surface area (Å²) in [5.74, 6) is 0.377. The number of urea groups is 1. The van der Waals surface area contributed by atoms with Crippen molar-refractivity contribution in [2.45, 2.75) is 12.5 Å². The summed E-state index contributed by atoms with van der Waals surface area (Å²) in [6.45, 7) is 4.39. The van der Waals surface area contributed by atoms with E-state index in [2.05, 4.69) is 10.2 Å². The first kappa shape index (κ1) is 22.3. The van der Waals surface area contributed by atoms with Crippen LogP contribution in [0.25, 0.3) is 0 Å². The van der Waals surface area contributed by atoms with Gasteiger partial charge in [0.2, 0.25) is 5.91 Å². The minimum atomic E-state index is -1.30. The van der Waals surface area contributed by atoms with E-state index in [0.29, 0.717) is 61.5 Å². The number of imide groups is 1. The third-order valence-electron chi connectivity index (χ3n) is 6.51. The van der Waals surface area contributed by atoms with E-state index in [1.165, 1.54) is 0 Å². The molecule has 3 heterocycles. The van der Waals surface area contributed by atoms with Crippen LogP contribution < -0.4 is 19.7 Å². The summed E-state index contributed by atoms with van der Waals surface area (Å²) in [6.07, 6.45) is 0. The molecule has 178 valence electrons. The maximum atomic E-state index is 13.3. The van der Waals surface area contributed by atoms with Crippen LogP contribution in [0.15, 0.2) is 42.5 Å². The molecule has 9 nitrogen and oxygen atoms in total. The van der Waals surface area contributed by atoms with Crippen LogP contribution in [0.5, 0.6) is 11.5 Å². The number of nitrogens with zero attached hydrogens (tertiary/aromatic N) is 3. The second-order valence-electron chi connectivity index (χ2n) is 8.62. The molecule has 3 aliphatic rings. The van der Waals surface area contributed by atoms with Crippen molar-refractivity contribution in [2.24, 2.45) is 0 Å². The molecule has 4 amide bonds. The summed E-state index contributed by atoms with van der Waals surface area (Å²) in [7, 11) is 0. The van der Waals surface area contributed by atoms with Crippen molar-refractivity contribution < 1.29 is 23.9 Å². The molecular formula is C24H25ClN4O5. The zero-order valence-corrected chi connectivity index (χ0v) is 19.5. The fourth-order valence-corrected chi connectivity index (χ4v) is 4.79. The van der Waals surface area contributed by atoms with Gasteiger partial charge in [-0.1, -0.05) is 29.8 Å². The summed E-state index contributed by atoms with van der Waals surface area (Å²) < 4.78 is 11.2. The van der Waals surface area contributed by atoms with Crippen LogP contribution in [0.1, 0.15) is 12.5 Å². The van der Waals surface area contributed by atoms with Crippen molar-refractivity contribution in [3.8, 4) is 11.5 Å². The Kier molecular flexibility index (Phi) is 5.73. The fourth-order valence-electron chi connectivity index (χ4n) is 4.53. The van der Waals surface area contributed by atoms with Crippen molar-refractivity contribution in [1.82, 2.24) is 15.1 Å². The lowest BCUT2D eigenvalue weighted by atomic mass is 9.91. The lowest BCUT2D eigenvalue weighted by Gasteiger charge is -2.37. The highest BCUT2D eigenvalue weighted by Crippen LogP contribution is 2.37. The van der Waals surface area contributed by atoms with Gasteiger partial charge in [-0.2, -0.15) is 0 Å². The predicted molar refractivity (Wildman–Crippen MR) is 125 cm³/mol. The highest BCUT2D eigenvalue weighted by atomic mass is 35.5. The van der Waals surface area contributed by atoms with E-state index in [1.54, 1.807) is 30.0 Å². The zero-order chi connectivity index (χ0) is 23.9. The minimum Gasteiger partial charge on any atom is -0.486 e. The van der Waals surface area contributed by atoms with Gasteiger partial charge in [0.1, 0.15) is 25.3 Å². The van der Waals surface area contributed by atoms with Gasteiger partial charge in [0.25, 0.3) is 5.91 Å². The summed E-state index contributed by atoms with van der Waals surface area (Å²) in [5.41, 5.74) is 0.203. The number of carbonyl (C=O) groups is 3. The molecule has 2 aromatic rings. The quantitative estimate of drug-likeness (QED) is 0.669. The molecule has 1 atom stereocenters. The molecule has 10 heteroatoms. The Hall–Kier alpha value is -3.46.